The second kappa shape index (κ2) is 9.65. The largest absolute Gasteiger partial charge is 0.478 e. The van der Waals surface area contributed by atoms with Crippen LogP contribution in [-0.4, -0.2) is 42.1 Å². The first-order chi connectivity index (χ1) is 18.2. The Bertz CT molecular complexity index is 1800. The monoisotopic (exact) mass is 514 g/mol. The Kier molecular flexibility index (Phi) is 6.21. The van der Waals surface area contributed by atoms with E-state index in [0.29, 0.717) is 22.3 Å². The molecule has 0 spiro atoms. The van der Waals surface area contributed by atoms with Gasteiger partial charge in [-0.05, 0) is 41.8 Å². The fourth-order valence-corrected chi connectivity index (χ4v) is 4.09. The van der Waals surface area contributed by atoms with Crippen LogP contribution >= 0.6 is 0 Å². The topological polar surface area (TPSA) is 161 Å². The fourth-order valence-electron chi connectivity index (χ4n) is 4.09. The number of carbonyl (C=O) groups is 3. The highest BCUT2D eigenvalue weighted by Gasteiger charge is 2.18. The summed E-state index contributed by atoms with van der Waals surface area (Å²) in [7, 11) is 1.60. The summed E-state index contributed by atoms with van der Waals surface area (Å²) in [4.78, 5) is 53.2. The number of oxazole rings is 1. The highest BCUT2D eigenvalue weighted by molar-refractivity contribution is 5.98. The van der Waals surface area contributed by atoms with Gasteiger partial charge in [0.2, 0.25) is 0 Å². The summed E-state index contributed by atoms with van der Waals surface area (Å²) in [6.07, 6.45) is 1.47. The number of benzene rings is 2. The van der Waals surface area contributed by atoms with E-state index < -0.39 is 23.5 Å². The molecular weight excluding hydrogens is 492 g/mol. The number of nitrogens with one attached hydrogen (secondary N) is 2. The SMILES string of the molecule is Cc1cc(CNC(=O)c2cc(C(=O)NCc3ccc4oc(=O)n(C)c4c3)nc3ccnn23)ccc1C(=O)O. The van der Waals surface area contributed by atoms with Crippen LogP contribution in [-0.2, 0) is 20.1 Å². The highest BCUT2D eigenvalue weighted by Crippen LogP contribution is 2.15. The fraction of sp³-hybridized carbons (Fsp3) is 0.154. The summed E-state index contributed by atoms with van der Waals surface area (Å²) in [5.41, 5.74) is 3.75. The average Bonchev–Trinajstić information content (AvgIpc) is 3.49. The van der Waals surface area contributed by atoms with E-state index in [-0.39, 0.29) is 30.0 Å². The van der Waals surface area contributed by atoms with E-state index in [2.05, 4.69) is 20.7 Å². The molecule has 0 atom stereocenters. The Morgan fingerprint density at radius 2 is 1.68 bits per heavy atom. The number of hydrogen-bond acceptors (Lipinski definition) is 7. The van der Waals surface area contributed by atoms with Crippen molar-refractivity contribution in [3.05, 3.63) is 98.9 Å². The number of fused-ring (bicyclic) bond motifs is 2. The van der Waals surface area contributed by atoms with Gasteiger partial charge in [-0.15, -0.1) is 0 Å². The molecule has 0 aliphatic rings. The molecule has 0 aliphatic heterocycles. The third kappa shape index (κ3) is 4.62. The average molecular weight is 514 g/mol. The van der Waals surface area contributed by atoms with Gasteiger partial charge in [0.15, 0.2) is 11.2 Å². The van der Waals surface area contributed by atoms with E-state index in [1.54, 1.807) is 50.4 Å². The predicted molar refractivity (Wildman–Crippen MR) is 135 cm³/mol. The normalized spacial score (nSPS) is 11.1. The van der Waals surface area contributed by atoms with Crippen molar-refractivity contribution in [2.45, 2.75) is 20.0 Å². The van der Waals surface area contributed by atoms with Crippen molar-refractivity contribution >= 4 is 34.5 Å². The minimum Gasteiger partial charge on any atom is -0.478 e. The van der Waals surface area contributed by atoms with E-state index in [9.17, 15) is 24.3 Å². The van der Waals surface area contributed by atoms with E-state index in [1.807, 2.05) is 0 Å². The molecule has 192 valence electrons. The molecule has 2 amide bonds. The van der Waals surface area contributed by atoms with Gasteiger partial charge in [0.25, 0.3) is 11.8 Å². The van der Waals surface area contributed by atoms with Crippen LogP contribution in [0.5, 0.6) is 0 Å². The van der Waals surface area contributed by atoms with E-state index >= 15 is 0 Å². The Balaban J connectivity index is 1.33. The zero-order chi connectivity index (χ0) is 27.0. The summed E-state index contributed by atoms with van der Waals surface area (Å²) in [5.74, 6) is -2.47. The maximum atomic E-state index is 13.0. The predicted octanol–water partition coefficient (Wildman–Crippen LogP) is 2.04. The number of aromatic nitrogens is 4. The third-order valence-corrected chi connectivity index (χ3v) is 6.11. The lowest BCUT2D eigenvalue weighted by atomic mass is 10.1. The first-order valence-electron chi connectivity index (χ1n) is 11.5. The molecule has 0 bridgehead atoms. The Labute approximate surface area is 214 Å². The number of hydrogen-bond donors (Lipinski definition) is 3. The Morgan fingerprint density at radius 1 is 0.974 bits per heavy atom. The van der Waals surface area contributed by atoms with Crippen LogP contribution in [0.4, 0.5) is 0 Å². The number of carboxylic acids is 1. The third-order valence-electron chi connectivity index (χ3n) is 6.11. The number of aromatic carboxylic acids is 1. The molecule has 12 heteroatoms. The zero-order valence-electron chi connectivity index (χ0n) is 20.4. The number of carboxylic acid groups (broad SMARTS) is 1. The molecule has 0 saturated heterocycles. The van der Waals surface area contributed by atoms with Crippen LogP contribution in [0, 0.1) is 6.92 Å². The molecule has 3 heterocycles. The molecule has 5 aromatic rings. The molecule has 0 unspecified atom stereocenters. The van der Waals surface area contributed by atoms with Crippen LogP contribution < -0.4 is 16.4 Å². The number of carbonyl (C=O) groups excluding carboxylic acids is 2. The lowest BCUT2D eigenvalue weighted by Gasteiger charge is -2.11. The maximum Gasteiger partial charge on any atom is 0.419 e. The smallest absolute Gasteiger partial charge is 0.419 e. The van der Waals surface area contributed by atoms with Gasteiger partial charge >= 0.3 is 11.7 Å². The molecule has 0 fully saturated rings. The second-order valence-corrected chi connectivity index (χ2v) is 8.68. The van der Waals surface area contributed by atoms with Crippen LogP contribution in [0.1, 0.15) is 48.0 Å². The molecule has 38 heavy (non-hydrogen) atoms. The van der Waals surface area contributed by atoms with Crippen molar-refractivity contribution in [1.82, 2.24) is 29.8 Å². The van der Waals surface area contributed by atoms with Crippen LogP contribution in [0.2, 0.25) is 0 Å². The molecule has 12 nitrogen and oxygen atoms in total. The number of amides is 2. The van der Waals surface area contributed by atoms with Gasteiger partial charge in [-0.3, -0.25) is 14.2 Å². The van der Waals surface area contributed by atoms with Crippen LogP contribution in [0.15, 0.2) is 63.9 Å². The molecule has 3 aromatic heterocycles. The number of nitrogens with zero attached hydrogens (tertiary/aromatic N) is 4. The lowest BCUT2D eigenvalue weighted by molar-refractivity contribution is 0.0695. The first-order valence-corrected chi connectivity index (χ1v) is 11.5. The highest BCUT2D eigenvalue weighted by atomic mass is 16.4. The zero-order valence-corrected chi connectivity index (χ0v) is 20.4. The molecule has 0 radical (unpaired) electrons. The summed E-state index contributed by atoms with van der Waals surface area (Å²) >= 11 is 0. The van der Waals surface area contributed by atoms with E-state index in [4.69, 9.17) is 4.42 Å². The number of aryl methyl sites for hydroxylation is 2. The molecule has 5 rings (SSSR count). The summed E-state index contributed by atoms with van der Waals surface area (Å²) in [6, 6.07) is 12.9. The number of rotatable bonds is 7. The quantitative estimate of drug-likeness (QED) is 0.297. The molecular formula is C26H22N6O6. The van der Waals surface area contributed by atoms with Crippen molar-refractivity contribution in [2.75, 3.05) is 0 Å². The molecule has 0 saturated carbocycles. The van der Waals surface area contributed by atoms with Gasteiger partial charge in [-0.25, -0.2) is 19.1 Å². The first kappa shape index (κ1) is 24.4. The Morgan fingerprint density at radius 3 is 2.42 bits per heavy atom. The lowest BCUT2D eigenvalue weighted by Crippen LogP contribution is -2.28. The van der Waals surface area contributed by atoms with Crippen molar-refractivity contribution in [1.29, 1.82) is 0 Å². The molecule has 0 aliphatic carbocycles. The van der Waals surface area contributed by atoms with Gasteiger partial charge in [0, 0.05) is 32.3 Å². The maximum absolute atomic E-state index is 13.0. The second-order valence-electron chi connectivity index (χ2n) is 8.68. The summed E-state index contributed by atoms with van der Waals surface area (Å²) in [6.45, 7) is 1.99. The minimum atomic E-state index is -1.02. The standard InChI is InChI=1S/C26H22N6O6/c1-14-9-15(3-5-17(14)25(35)36)12-28-24(34)20-11-18(30-22-7-8-29-32(20)22)23(33)27-13-16-4-6-21-19(10-16)31(2)26(37)38-21/h3-11H,12-13H2,1-2H3,(H,27,33)(H,28,34)(H,35,36). The van der Waals surface area contributed by atoms with Gasteiger partial charge in [0.05, 0.1) is 17.3 Å². The summed E-state index contributed by atoms with van der Waals surface area (Å²) in [5, 5.41) is 18.9. The summed E-state index contributed by atoms with van der Waals surface area (Å²) < 4.78 is 7.84. The van der Waals surface area contributed by atoms with Crippen LogP contribution in [0.25, 0.3) is 16.7 Å². The van der Waals surface area contributed by atoms with Crippen molar-refractivity contribution < 1.29 is 23.9 Å². The molecule has 2 aromatic carbocycles. The molecule has 3 N–H and O–H groups in total. The van der Waals surface area contributed by atoms with Gasteiger partial charge in [0.1, 0.15) is 11.4 Å². The van der Waals surface area contributed by atoms with E-state index in [0.717, 1.165) is 11.1 Å². The Hall–Kier alpha value is -5.26. The van der Waals surface area contributed by atoms with Gasteiger partial charge in [-0.1, -0.05) is 18.2 Å². The van der Waals surface area contributed by atoms with Crippen molar-refractivity contribution in [3.63, 3.8) is 0 Å². The van der Waals surface area contributed by atoms with Gasteiger partial charge < -0.3 is 20.2 Å². The van der Waals surface area contributed by atoms with Crippen molar-refractivity contribution in [2.24, 2.45) is 7.05 Å². The van der Waals surface area contributed by atoms with E-state index in [1.165, 1.54) is 27.4 Å². The van der Waals surface area contributed by atoms with Crippen LogP contribution in [0.3, 0.4) is 0 Å². The minimum absolute atomic E-state index is 0.0293. The van der Waals surface area contributed by atoms with Gasteiger partial charge in [-0.2, -0.15) is 5.10 Å². The van der Waals surface area contributed by atoms with Crippen molar-refractivity contribution in [3.8, 4) is 0 Å².